The number of thiocarbonyl (C=S) groups is 1. The van der Waals surface area contributed by atoms with Gasteiger partial charge in [0.05, 0.1) is 17.6 Å². The predicted octanol–water partition coefficient (Wildman–Crippen LogP) is 3.53. The Balaban J connectivity index is 1.94. The third-order valence-electron chi connectivity index (χ3n) is 3.47. The van der Waals surface area contributed by atoms with Gasteiger partial charge in [-0.05, 0) is 36.8 Å². The van der Waals surface area contributed by atoms with Crippen LogP contribution in [0.25, 0.3) is 17.4 Å². The molecule has 0 aliphatic carbocycles. The third kappa shape index (κ3) is 3.27. The number of methoxy groups -OCH3 is 1. The second kappa shape index (κ2) is 6.62. The third-order valence-corrected chi connectivity index (χ3v) is 4.63. The van der Waals surface area contributed by atoms with Crippen molar-refractivity contribution in [1.29, 1.82) is 0 Å². The molecular weight excluding hydrogens is 346 g/mol. The number of amides is 1. The standard InChI is InChI=1S/C17H13NO4S2/c1-9-3-4-10(16(20)21-2)7-12(9)13-6-5-11(22-13)8-14-15(19)18-17(23)24-14/h3-8H,1-2H3,(H,18,19,23)/b14-8-. The second-order valence-corrected chi connectivity index (χ2v) is 6.79. The van der Waals surface area contributed by atoms with Gasteiger partial charge in [0, 0.05) is 11.6 Å². The van der Waals surface area contributed by atoms with E-state index in [1.54, 1.807) is 30.3 Å². The van der Waals surface area contributed by atoms with E-state index in [1.165, 1.54) is 18.9 Å². The van der Waals surface area contributed by atoms with E-state index in [1.807, 2.05) is 13.0 Å². The van der Waals surface area contributed by atoms with Gasteiger partial charge in [-0.3, -0.25) is 4.79 Å². The molecule has 1 saturated heterocycles. The summed E-state index contributed by atoms with van der Waals surface area (Å²) in [5.74, 6) is 0.510. The fourth-order valence-corrected chi connectivity index (χ4v) is 3.28. The summed E-state index contributed by atoms with van der Waals surface area (Å²) >= 11 is 6.15. The van der Waals surface area contributed by atoms with Crippen LogP contribution in [0.2, 0.25) is 0 Å². The normalized spacial score (nSPS) is 15.7. The molecule has 7 heteroatoms. The van der Waals surface area contributed by atoms with Crippen molar-refractivity contribution < 1.29 is 18.7 Å². The number of furan rings is 1. The summed E-state index contributed by atoms with van der Waals surface area (Å²) in [7, 11) is 1.34. The van der Waals surface area contributed by atoms with Crippen LogP contribution in [0.3, 0.4) is 0 Å². The lowest BCUT2D eigenvalue weighted by Gasteiger charge is -2.05. The summed E-state index contributed by atoms with van der Waals surface area (Å²) in [6.45, 7) is 1.93. The number of esters is 1. The molecule has 0 radical (unpaired) electrons. The number of hydrogen-bond donors (Lipinski definition) is 1. The molecule has 1 aliphatic rings. The molecule has 0 atom stereocenters. The average molecular weight is 359 g/mol. The Morgan fingerprint density at radius 3 is 2.79 bits per heavy atom. The van der Waals surface area contributed by atoms with Crippen LogP contribution in [0.5, 0.6) is 0 Å². The molecule has 0 bridgehead atoms. The van der Waals surface area contributed by atoms with Crippen LogP contribution in [-0.4, -0.2) is 23.3 Å². The minimum atomic E-state index is -0.405. The molecule has 1 aliphatic heterocycles. The van der Waals surface area contributed by atoms with Crippen LogP contribution in [0.1, 0.15) is 21.7 Å². The molecule has 1 aromatic carbocycles. The Morgan fingerprint density at radius 2 is 2.12 bits per heavy atom. The van der Waals surface area contributed by atoms with E-state index < -0.39 is 5.97 Å². The number of carbonyl (C=O) groups is 2. The summed E-state index contributed by atoms with van der Waals surface area (Å²) < 4.78 is 11.0. The molecule has 0 spiro atoms. The van der Waals surface area contributed by atoms with Crippen molar-refractivity contribution >= 4 is 46.3 Å². The van der Waals surface area contributed by atoms with Gasteiger partial charge in [0.1, 0.15) is 15.8 Å². The Labute approximate surface area is 148 Å². The van der Waals surface area contributed by atoms with E-state index in [-0.39, 0.29) is 5.91 Å². The molecular formula is C17H13NO4S2. The maximum absolute atomic E-state index is 11.7. The van der Waals surface area contributed by atoms with E-state index in [0.29, 0.717) is 26.3 Å². The first-order valence-electron chi connectivity index (χ1n) is 7.02. The zero-order chi connectivity index (χ0) is 17.3. The number of benzene rings is 1. The fourth-order valence-electron chi connectivity index (χ4n) is 2.26. The highest BCUT2D eigenvalue weighted by atomic mass is 32.2. The summed E-state index contributed by atoms with van der Waals surface area (Å²) in [5.41, 5.74) is 2.21. The van der Waals surface area contributed by atoms with Crippen molar-refractivity contribution in [3.8, 4) is 11.3 Å². The van der Waals surface area contributed by atoms with Crippen molar-refractivity contribution in [1.82, 2.24) is 5.32 Å². The van der Waals surface area contributed by atoms with E-state index in [9.17, 15) is 9.59 Å². The molecule has 2 aromatic rings. The predicted molar refractivity (Wildman–Crippen MR) is 96.5 cm³/mol. The van der Waals surface area contributed by atoms with Crippen LogP contribution < -0.4 is 5.32 Å². The van der Waals surface area contributed by atoms with Gasteiger partial charge in [-0.2, -0.15) is 0 Å². The maximum atomic E-state index is 11.7. The zero-order valence-electron chi connectivity index (χ0n) is 12.9. The van der Waals surface area contributed by atoms with Crippen LogP contribution in [0, 0.1) is 6.92 Å². The molecule has 24 heavy (non-hydrogen) atoms. The van der Waals surface area contributed by atoms with Crippen LogP contribution >= 0.6 is 24.0 Å². The number of ether oxygens (including phenoxy) is 1. The Hall–Kier alpha value is -2.38. The van der Waals surface area contributed by atoms with Crippen molar-refractivity contribution in [2.24, 2.45) is 0 Å². The Bertz CT molecular complexity index is 882. The van der Waals surface area contributed by atoms with Gasteiger partial charge in [0.15, 0.2) is 0 Å². The molecule has 2 heterocycles. The number of nitrogens with one attached hydrogen (secondary N) is 1. The number of carbonyl (C=O) groups excluding carboxylic acids is 2. The van der Waals surface area contributed by atoms with Crippen molar-refractivity contribution in [3.63, 3.8) is 0 Å². The van der Waals surface area contributed by atoms with Gasteiger partial charge in [0.25, 0.3) is 5.91 Å². The van der Waals surface area contributed by atoms with E-state index in [2.05, 4.69) is 5.32 Å². The SMILES string of the molecule is COC(=O)c1ccc(C)c(-c2ccc(/C=C3\SC(=S)NC3=O)o2)c1. The van der Waals surface area contributed by atoms with Gasteiger partial charge >= 0.3 is 5.97 Å². The van der Waals surface area contributed by atoms with Gasteiger partial charge < -0.3 is 14.5 Å². The van der Waals surface area contributed by atoms with Crippen molar-refractivity contribution in [2.45, 2.75) is 6.92 Å². The summed E-state index contributed by atoms with van der Waals surface area (Å²) in [5, 5.41) is 2.56. The molecule has 1 amide bonds. The first-order chi connectivity index (χ1) is 11.5. The monoisotopic (exact) mass is 359 g/mol. The van der Waals surface area contributed by atoms with Crippen LogP contribution in [0.15, 0.2) is 39.7 Å². The summed E-state index contributed by atoms with van der Waals surface area (Å²) in [4.78, 5) is 23.9. The van der Waals surface area contributed by atoms with Crippen LogP contribution in [-0.2, 0) is 9.53 Å². The lowest BCUT2D eigenvalue weighted by atomic mass is 10.0. The first-order valence-corrected chi connectivity index (χ1v) is 8.24. The number of hydrogen-bond acceptors (Lipinski definition) is 6. The quantitative estimate of drug-likeness (QED) is 0.514. The molecule has 3 rings (SSSR count). The molecule has 5 nitrogen and oxygen atoms in total. The van der Waals surface area contributed by atoms with Gasteiger partial charge in [-0.25, -0.2) is 4.79 Å². The molecule has 1 aromatic heterocycles. The van der Waals surface area contributed by atoms with E-state index >= 15 is 0 Å². The zero-order valence-corrected chi connectivity index (χ0v) is 14.5. The van der Waals surface area contributed by atoms with Crippen LogP contribution in [0.4, 0.5) is 0 Å². The molecule has 0 unspecified atom stereocenters. The molecule has 122 valence electrons. The van der Waals surface area contributed by atoms with Crippen molar-refractivity contribution in [2.75, 3.05) is 7.11 Å². The second-order valence-electron chi connectivity index (χ2n) is 5.08. The van der Waals surface area contributed by atoms with Crippen molar-refractivity contribution in [3.05, 3.63) is 52.1 Å². The number of thioether (sulfide) groups is 1. The minimum Gasteiger partial charge on any atom is -0.465 e. The Morgan fingerprint density at radius 1 is 1.33 bits per heavy atom. The largest absolute Gasteiger partial charge is 0.465 e. The van der Waals surface area contributed by atoms with E-state index in [0.717, 1.165) is 11.1 Å². The van der Waals surface area contributed by atoms with Gasteiger partial charge in [-0.15, -0.1) is 0 Å². The fraction of sp³-hybridized carbons (Fsp3) is 0.118. The maximum Gasteiger partial charge on any atom is 0.337 e. The minimum absolute atomic E-state index is 0.230. The summed E-state index contributed by atoms with van der Waals surface area (Å²) in [6, 6.07) is 8.83. The topological polar surface area (TPSA) is 68.5 Å². The lowest BCUT2D eigenvalue weighted by molar-refractivity contribution is -0.115. The Kier molecular flexibility index (Phi) is 4.55. The van der Waals surface area contributed by atoms with Gasteiger partial charge in [-0.1, -0.05) is 30.0 Å². The average Bonchev–Trinajstić information content (AvgIpc) is 3.14. The molecule has 1 fully saturated rings. The smallest absolute Gasteiger partial charge is 0.337 e. The summed E-state index contributed by atoms with van der Waals surface area (Å²) in [6.07, 6.45) is 1.64. The lowest BCUT2D eigenvalue weighted by Crippen LogP contribution is -2.17. The van der Waals surface area contributed by atoms with E-state index in [4.69, 9.17) is 21.4 Å². The first kappa shape index (κ1) is 16.5. The molecule has 1 N–H and O–H groups in total. The number of aryl methyl sites for hydroxylation is 1. The number of rotatable bonds is 3. The molecule has 0 saturated carbocycles. The van der Waals surface area contributed by atoms with Gasteiger partial charge in [0.2, 0.25) is 0 Å². The highest BCUT2D eigenvalue weighted by Crippen LogP contribution is 2.30. The highest BCUT2D eigenvalue weighted by Gasteiger charge is 2.22. The highest BCUT2D eigenvalue weighted by molar-refractivity contribution is 8.26.